The van der Waals surface area contributed by atoms with Gasteiger partial charge in [-0.1, -0.05) is 35.3 Å². The molecule has 1 aromatic heterocycles. The summed E-state index contributed by atoms with van der Waals surface area (Å²) in [5.41, 5.74) is 2.93. The van der Waals surface area contributed by atoms with E-state index in [2.05, 4.69) is 25.6 Å². The molecule has 4 aliphatic rings. The number of carboxylic acids is 2. The summed E-state index contributed by atoms with van der Waals surface area (Å²) in [4.78, 5) is 78.3. The van der Waals surface area contributed by atoms with Crippen LogP contribution in [0.1, 0.15) is 6.92 Å². The predicted octanol–water partition coefficient (Wildman–Crippen LogP) is -1.49. The Labute approximate surface area is 264 Å². The second-order valence-electron chi connectivity index (χ2n) is 9.12. The number of primary amides is 1. The van der Waals surface area contributed by atoms with E-state index in [1.807, 2.05) is 0 Å². The standard InChI is InChI=1S/C17H17N7O8S4.C3H7O4P/c1-23-16(20-21-22-23)34-4-5-3-33-15-17(32-2,14(31)24(15)7(5)11(29)30)19-9(26)13-35-12(36-13)6(8(18)25)10(27)28;1-2-3(7-2)8(4,5)6/h13,15H,3-4H2,1-2H3,(H2,18,25)(H,19,26)(H,27,28)(H,29,30);2-3H,1H3,(H2,4,5,6)/t13?,15-,17+;2-,3+/m10/s1. The molecule has 1 aromatic rings. The van der Waals surface area contributed by atoms with Crippen LogP contribution >= 0.6 is 54.6 Å². The summed E-state index contributed by atoms with van der Waals surface area (Å²) >= 11 is 4.06. The van der Waals surface area contributed by atoms with Crippen LogP contribution in [0.15, 0.2) is 26.2 Å². The minimum Gasteiger partial charge on any atom is -0.477 e. The molecule has 7 N–H and O–H groups in total. The average Bonchev–Trinajstić information content (AvgIpc) is 3.53. The fourth-order valence-corrected chi connectivity index (χ4v) is 9.58. The van der Waals surface area contributed by atoms with Crippen LogP contribution in [0.2, 0.25) is 0 Å². The van der Waals surface area contributed by atoms with Crippen LogP contribution in [0, 0.1) is 0 Å². The predicted molar refractivity (Wildman–Crippen MR) is 154 cm³/mol. The molecule has 5 heterocycles. The van der Waals surface area contributed by atoms with E-state index in [-0.39, 0.29) is 27.5 Å². The molecule has 3 saturated heterocycles. The van der Waals surface area contributed by atoms with Crippen LogP contribution in [-0.4, -0.2) is 121 Å². The zero-order valence-corrected chi connectivity index (χ0v) is 26.8. The highest BCUT2D eigenvalue weighted by molar-refractivity contribution is 8.39. The molecule has 0 bridgehead atoms. The van der Waals surface area contributed by atoms with Gasteiger partial charge in [0.05, 0.1) is 10.3 Å². The number of carboxylic acid groups (broad SMARTS) is 2. The van der Waals surface area contributed by atoms with E-state index >= 15 is 0 Å². The Morgan fingerprint density at radius 1 is 1.27 bits per heavy atom. The number of carbonyl (C=O) groups excluding carboxylic acids is 3. The average molecular weight is 714 g/mol. The maximum absolute atomic E-state index is 13.2. The number of β-lactam (4-membered cyclic amide) rings is 1. The Bertz CT molecular complexity index is 1510. The highest BCUT2D eigenvalue weighted by Gasteiger charge is 2.67. The number of carbonyl (C=O) groups is 5. The largest absolute Gasteiger partial charge is 0.477 e. The molecule has 5 rings (SSSR count). The van der Waals surface area contributed by atoms with Crippen molar-refractivity contribution in [2.24, 2.45) is 12.8 Å². The number of thioether (sulfide) groups is 4. The number of aryl methyl sites for hydroxylation is 1. The van der Waals surface area contributed by atoms with Gasteiger partial charge in [-0.3, -0.25) is 23.8 Å². The van der Waals surface area contributed by atoms with Crippen LogP contribution in [0.5, 0.6) is 0 Å². The van der Waals surface area contributed by atoms with Gasteiger partial charge in [0.2, 0.25) is 11.1 Å². The summed E-state index contributed by atoms with van der Waals surface area (Å²) < 4.78 is 20.7. The molecule has 0 spiro atoms. The third-order valence-corrected chi connectivity index (χ3v) is 12.7. The fourth-order valence-electron chi connectivity index (χ4n) is 4.04. The molecule has 0 aliphatic carbocycles. The van der Waals surface area contributed by atoms with E-state index in [1.54, 1.807) is 14.0 Å². The smallest absolute Gasteiger partial charge is 0.356 e. The van der Waals surface area contributed by atoms with Crippen molar-refractivity contribution < 1.29 is 58.0 Å². The van der Waals surface area contributed by atoms with Crippen LogP contribution in [0.4, 0.5) is 0 Å². The van der Waals surface area contributed by atoms with Crippen molar-refractivity contribution in [1.29, 1.82) is 0 Å². The Morgan fingerprint density at radius 3 is 2.34 bits per heavy atom. The summed E-state index contributed by atoms with van der Waals surface area (Å²) in [6.45, 7) is 1.63. The van der Waals surface area contributed by atoms with E-state index in [4.69, 9.17) is 25.4 Å². The number of hydrogen-bond donors (Lipinski definition) is 6. The third kappa shape index (κ3) is 6.65. The van der Waals surface area contributed by atoms with Crippen molar-refractivity contribution in [1.82, 2.24) is 30.4 Å². The Hall–Kier alpha value is -2.63. The molecule has 0 saturated carbocycles. The van der Waals surface area contributed by atoms with Gasteiger partial charge in [-0.05, 0) is 22.9 Å². The lowest BCUT2D eigenvalue weighted by molar-refractivity contribution is -0.192. The molecular formula is C20H24N7O12PS4. The minimum atomic E-state index is -3.90. The second-order valence-corrected chi connectivity index (χ2v) is 15.6. The van der Waals surface area contributed by atoms with Gasteiger partial charge in [0.1, 0.15) is 21.2 Å². The molecule has 4 aliphatic heterocycles. The summed E-state index contributed by atoms with van der Waals surface area (Å²) in [6.07, 6.45) is -0.254. The number of methoxy groups -OCH3 is 1. The van der Waals surface area contributed by atoms with Gasteiger partial charge >= 0.3 is 19.5 Å². The van der Waals surface area contributed by atoms with E-state index in [0.29, 0.717) is 10.7 Å². The molecule has 3 amide bonds. The van der Waals surface area contributed by atoms with Crippen molar-refractivity contribution in [3.05, 3.63) is 21.1 Å². The first kappa shape index (κ1) is 34.2. The highest BCUT2D eigenvalue weighted by atomic mass is 32.3. The van der Waals surface area contributed by atoms with Crippen LogP contribution in [-0.2, 0) is 45.1 Å². The van der Waals surface area contributed by atoms with Crippen LogP contribution in [0.25, 0.3) is 0 Å². The van der Waals surface area contributed by atoms with E-state index < -0.39 is 64.4 Å². The molecule has 240 valence electrons. The summed E-state index contributed by atoms with van der Waals surface area (Å²) in [5, 5.41) is 32.2. The molecular weight excluding hydrogens is 689 g/mol. The zero-order chi connectivity index (χ0) is 32.7. The highest BCUT2D eigenvalue weighted by Crippen LogP contribution is 2.54. The number of epoxide rings is 1. The van der Waals surface area contributed by atoms with Gasteiger partial charge in [-0.25, -0.2) is 14.3 Å². The molecule has 4 atom stereocenters. The Kier molecular flexibility index (Phi) is 10.1. The first-order valence-electron chi connectivity index (χ1n) is 12.0. The summed E-state index contributed by atoms with van der Waals surface area (Å²) in [6, 6.07) is 0. The van der Waals surface area contributed by atoms with Crippen molar-refractivity contribution in [3.8, 4) is 0 Å². The lowest BCUT2D eigenvalue weighted by Crippen LogP contribution is -2.81. The maximum atomic E-state index is 13.2. The lowest BCUT2D eigenvalue weighted by atomic mass is 9.98. The van der Waals surface area contributed by atoms with E-state index in [1.165, 1.54) is 35.3 Å². The minimum absolute atomic E-state index is 0.0755. The van der Waals surface area contributed by atoms with Gasteiger partial charge in [-0.2, -0.15) is 0 Å². The van der Waals surface area contributed by atoms with Gasteiger partial charge < -0.3 is 40.5 Å². The summed E-state index contributed by atoms with van der Waals surface area (Å²) in [7, 11) is -1.05. The Morgan fingerprint density at radius 2 is 1.91 bits per heavy atom. The number of nitrogens with one attached hydrogen (secondary N) is 1. The Balaban J connectivity index is 0.000000479. The molecule has 0 aromatic carbocycles. The number of amides is 3. The SMILES string of the molecule is CO[C@@]1(NC(=O)C2SC(=C(C(N)=O)C(=O)O)S2)C(=O)N2C(C(=O)O)=C(CSc3nnnn3C)CS[C@@H]21.C[C@@H]1O[C@@H]1P(=O)(O)O. The molecule has 24 heteroatoms. The first-order valence-corrected chi connectivity index (χ1v) is 17.4. The quantitative estimate of drug-likeness (QED) is 0.0235. The van der Waals surface area contributed by atoms with Crippen LogP contribution < -0.4 is 11.1 Å². The summed E-state index contributed by atoms with van der Waals surface area (Å²) in [5.74, 6) is -5.71. The number of ether oxygens (including phenoxy) is 2. The third-order valence-electron chi connectivity index (χ3n) is 6.22. The van der Waals surface area contributed by atoms with Gasteiger partial charge in [0, 0.05) is 25.7 Å². The number of fused-ring (bicyclic) bond motifs is 1. The van der Waals surface area contributed by atoms with Crippen molar-refractivity contribution >= 4 is 84.3 Å². The fraction of sp³-hybridized carbons (Fsp3) is 0.500. The molecule has 0 radical (unpaired) electrons. The van der Waals surface area contributed by atoms with Crippen molar-refractivity contribution in [2.75, 3.05) is 18.6 Å². The number of rotatable bonds is 10. The lowest BCUT2D eigenvalue weighted by Gasteiger charge is -2.56. The molecule has 0 unspecified atom stereocenters. The van der Waals surface area contributed by atoms with E-state index in [0.717, 1.165) is 28.4 Å². The topological polar surface area (TPSA) is 290 Å². The van der Waals surface area contributed by atoms with Crippen LogP contribution in [0.3, 0.4) is 0 Å². The molecule has 44 heavy (non-hydrogen) atoms. The van der Waals surface area contributed by atoms with Gasteiger partial charge in [-0.15, -0.1) is 16.9 Å². The number of aliphatic carboxylic acids is 2. The molecule has 3 fully saturated rings. The number of hydrogen-bond acceptors (Lipinski definition) is 15. The normalized spacial score (nSPS) is 27.2. The monoisotopic (exact) mass is 713 g/mol. The van der Waals surface area contributed by atoms with Crippen molar-refractivity contribution in [3.63, 3.8) is 0 Å². The zero-order valence-electron chi connectivity index (χ0n) is 22.7. The van der Waals surface area contributed by atoms with E-state index in [9.17, 15) is 33.6 Å². The number of tetrazole rings is 1. The maximum Gasteiger partial charge on any atom is 0.356 e. The number of aromatic nitrogens is 4. The second kappa shape index (κ2) is 13.0. The molecule has 19 nitrogen and oxygen atoms in total. The number of nitrogens with two attached hydrogens (primary N) is 1. The number of nitrogens with zero attached hydrogens (tertiary/aromatic N) is 5. The van der Waals surface area contributed by atoms with Crippen molar-refractivity contribution in [2.45, 2.75) is 39.7 Å². The first-order chi connectivity index (χ1) is 20.5. The van der Waals surface area contributed by atoms with Gasteiger partial charge in [0.25, 0.3) is 17.5 Å². The van der Waals surface area contributed by atoms with Gasteiger partial charge in [0.15, 0.2) is 5.85 Å².